The van der Waals surface area contributed by atoms with Crippen LogP contribution in [0.3, 0.4) is 0 Å². The van der Waals surface area contributed by atoms with Crippen LogP contribution in [0.25, 0.3) is 11.1 Å². The highest BCUT2D eigenvalue weighted by Gasteiger charge is 2.43. The van der Waals surface area contributed by atoms with Crippen molar-refractivity contribution in [3.05, 3.63) is 68.9 Å². The summed E-state index contributed by atoms with van der Waals surface area (Å²) < 4.78 is 11.5. The largest absolute Gasteiger partial charge is 0.382 e. The number of carbonyl (C=O) groups excluding carboxylic acids is 1. The molecule has 8 heteroatoms. The first-order valence-electron chi connectivity index (χ1n) is 17.7. The number of fused-ring (bicyclic) bond motifs is 2. The number of nitrogens with one attached hydrogen (secondary N) is 2. The van der Waals surface area contributed by atoms with Crippen LogP contribution in [0.4, 0.5) is 11.4 Å². The number of hydrogen-bond donors (Lipinski definition) is 2. The van der Waals surface area contributed by atoms with E-state index < -0.39 is 0 Å². The maximum absolute atomic E-state index is 14.2. The molecule has 4 heterocycles. The van der Waals surface area contributed by atoms with Gasteiger partial charge in [0.2, 0.25) is 0 Å². The molecule has 2 aromatic carbocycles. The summed E-state index contributed by atoms with van der Waals surface area (Å²) in [7, 11) is 0. The molecule has 2 saturated heterocycles. The van der Waals surface area contributed by atoms with Crippen LogP contribution < -0.4 is 20.4 Å². The minimum absolute atomic E-state index is 0.132. The number of carbonyl (C=O) groups is 1. The topological polar surface area (TPSA) is 66.1 Å². The van der Waals surface area contributed by atoms with Gasteiger partial charge in [0.05, 0.1) is 10.6 Å². The van der Waals surface area contributed by atoms with Crippen molar-refractivity contribution in [2.75, 3.05) is 62.4 Å². The molecule has 4 aliphatic rings. The normalized spacial score (nSPS) is 21.0. The lowest BCUT2D eigenvalue weighted by Crippen LogP contribution is -2.40. The van der Waals surface area contributed by atoms with Gasteiger partial charge in [-0.05, 0) is 113 Å². The van der Waals surface area contributed by atoms with E-state index in [0.29, 0.717) is 23.2 Å². The highest BCUT2D eigenvalue weighted by molar-refractivity contribution is 6.37. The summed E-state index contributed by atoms with van der Waals surface area (Å²) in [6.07, 6.45) is 7.27. The van der Waals surface area contributed by atoms with E-state index in [4.69, 9.17) is 21.1 Å². The van der Waals surface area contributed by atoms with Crippen molar-refractivity contribution in [3.8, 4) is 11.1 Å². The number of anilines is 2. The van der Waals surface area contributed by atoms with Crippen LogP contribution in [0, 0.1) is 6.92 Å². The molecule has 7 nitrogen and oxygen atoms in total. The highest BCUT2D eigenvalue weighted by Crippen LogP contribution is 2.49. The van der Waals surface area contributed by atoms with E-state index in [0.717, 1.165) is 106 Å². The van der Waals surface area contributed by atoms with Gasteiger partial charge in [-0.15, -0.1) is 0 Å². The van der Waals surface area contributed by atoms with Gasteiger partial charge in [-0.1, -0.05) is 30.7 Å². The third-order valence-electron chi connectivity index (χ3n) is 11.0. The van der Waals surface area contributed by atoms with Gasteiger partial charge in [0, 0.05) is 92.7 Å². The van der Waals surface area contributed by atoms with E-state index >= 15 is 0 Å². The Hall–Kier alpha value is -3.00. The van der Waals surface area contributed by atoms with Crippen LogP contribution in [0.2, 0.25) is 5.02 Å². The Morgan fingerprint density at radius 3 is 2.49 bits per heavy atom. The number of ether oxygens (including phenoxy) is 2. The maximum atomic E-state index is 14.2. The van der Waals surface area contributed by atoms with Gasteiger partial charge in [0.15, 0.2) is 0 Å². The number of benzene rings is 2. The summed E-state index contributed by atoms with van der Waals surface area (Å²) in [6, 6.07) is 9.64. The number of halogens is 1. The molecule has 2 N–H and O–H groups in total. The van der Waals surface area contributed by atoms with Crippen LogP contribution in [-0.4, -0.2) is 70.6 Å². The zero-order chi connectivity index (χ0) is 33.3. The fraction of sp³-hybridized carbons (Fsp3) is 0.564. The second-order valence-electron chi connectivity index (χ2n) is 14.0. The molecule has 254 valence electrons. The van der Waals surface area contributed by atoms with E-state index in [9.17, 15) is 4.79 Å². The van der Waals surface area contributed by atoms with E-state index in [1.807, 2.05) is 0 Å². The van der Waals surface area contributed by atoms with Crippen molar-refractivity contribution in [2.45, 2.75) is 91.1 Å². The maximum Gasteiger partial charge on any atom is 0.253 e. The molecule has 0 aliphatic carbocycles. The minimum Gasteiger partial charge on any atom is -0.382 e. The molecule has 0 radical (unpaired) electrons. The quantitative estimate of drug-likeness (QED) is 0.290. The van der Waals surface area contributed by atoms with E-state index in [-0.39, 0.29) is 17.4 Å². The molecule has 6 rings (SSSR count). The smallest absolute Gasteiger partial charge is 0.253 e. The van der Waals surface area contributed by atoms with Crippen molar-refractivity contribution < 1.29 is 14.3 Å². The van der Waals surface area contributed by atoms with Gasteiger partial charge in [-0.3, -0.25) is 4.79 Å². The van der Waals surface area contributed by atoms with E-state index in [1.165, 1.54) is 22.4 Å². The first kappa shape index (κ1) is 33.9. The summed E-state index contributed by atoms with van der Waals surface area (Å²) in [4.78, 5) is 19.3. The van der Waals surface area contributed by atoms with Crippen molar-refractivity contribution in [1.29, 1.82) is 0 Å². The number of dihydropyridines is 1. The van der Waals surface area contributed by atoms with Gasteiger partial charge in [0.25, 0.3) is 5.91 Å². The molecule has 2 aromatic rings. The van der Waals surface area contributed by atoms with E-state index in [1.54, 1.807) is 0 Å². The monoisotopic (exact) mass is 660 g/mol. The first-order chi connectivity index (χ1) is 22.7. The van der Waals surface area contributed by atoms with Gasteiger partial charge in [0.1, 0.15) is 0 Å². The van der Waals surface area contributed by atoms with Gasteiger partial charge < -0.3 is 29.9 Å². The average molecular weight is 661 g/mol. The average Bonchev–Trinajstić information content (AvgIpc) is 3.34. The standard InChI is InChI=1S/C39H53ClN4O3/c1-7-15-43-24-39(13-18-47-19-14-39)33-10-9-29(21-35(33)43)31-22-34(44(8-2)30-11-16-46-17-12-30)27(5)36(37(31)40)38(45)41-23-32-25(3)20-26(4)42-28(32)6/h9-10,20-22,28,30,42H,7-8,11-19,23-24H2,1-6H3,(H,41,45). The predicted molar refractivity (Wildman–Crippen MR) is 194 cm³/mol. The second kappa shape index (κ2) is 14.2. The molecule has 47 heavy (non-hydrogen) atoms. The van der Waals surface area contributed by atoms with Crippen LogP contribution in [-0.2, 0) is 14.9 Å². The summed E-state index contributed by atoms with van der Waals surface area (Å²) in [5, 5.41) is 7.28. The zero-order valence-electron chi connectivity index (χ0n) is 29.2. The fourth-order valence-corrected chi connectivity index (χ4v) is 8.92. The lowest BCUT2D eigenvalue weighted by atomic mass is 9.75. The number of allylic oxidation sites excluding steroid dienone is 3. The molecule has 1 atom stereocenters. The molecule has 1 spiro atoms. The van der Waals surface area contributed by atoms with Crippen LogP contribution >= 0.6 is 11.6 Å². The third-order valence-corrected chi connectivity index (χ3v) is 11.4. The molecular weight excluding hydrogens is 608 g/mol. The van der Waals surface area contributed by atoms with Gasteiger partial charge >= 0.3 is 0 Å². The molecule has 2 fully saturated rings. The van der Waals surface area contributed by atoms with Crippen LogP contribution in [0.5, 0.6) is 0 Å². The zero-order valence-corrected chi connectivity index (χ0v) is 30.0. The minimum atomic E-state index is -0.132. The molecule has 1 unspecified atom stereocenters. The number of nitrogens with zero attached hydrogens (tertiary/aromatic N) is 2. The lowest BCUT2D eigenvalue weighted by Gasteiger charge is -2.37. The Morgan fingerprint density at radius 2 is 1.81 bits per heavy atom. The number of rotatable bonds is 9. The number of amides is 1. The Labute approximate surface area is 286 Å². The third kappa shape index (κ3) is 6.56. The van der Waals surface area contributed by atoms with Gasteiger partial charge in [-0.25, -0.2) is 0 Å². The fourth-order valence-electron chi connectivity index (χ4n) is 8.53. The van der Waals surface area contributed by atoms with Crippen molar-refractivity contribution in [3.63, 3.8) is 0 Å². The molecular formula is C39H53ClN4O3. The second-order valence-corrected chi connectivity index (χ2v) is 14.4. The summed E-state index contributed by atoms with van der Waals surface area (Å²) in [5.41, 5.74) is 10.9. The molecule has 4 aliphatic heterocycles. The molecule has 0 bridgehead atoms. The Bertz CT molecular complexity index is 1550. The first-order valence-corrected chi connectivity index (χ1v) is 18.1. The van der Waals surface area contributed by atoms with Crippen molar-refractivity contribution >= 4 is 28.9 Å². The Balaban J connectivity index is 1.44. The Morgan fingerprint density at radius 1 is 1.09 bits per heavy atom. The summed E-state index contributed by atoms with van der Waals surface area (Å²) >= 11 is 7.37. The Kier molecular flexibility index (Phi) is 10.3. The molecule has 0 aromatic heterocycles. The lowest BCUT2D eigenvalue weighted by molar-refractivity contribution is 0.0553. The summed E-state index contributed by atoms with van der Waals surface area (Å²) in [6.45, 7) is 19.4. The van der Waals surface area contributed by atoms with Crippen molar-refractivity contribution in [1.82, 2.24) is 10.6 Å². The van der Waals surface area contributed by atoms with Crippen LogP contribution in [0.15, 0.2) is 47.2 Å². The van der Waals surface area contributed by atoms with Gasteiger partial charge in [-0.2, -0.15) is 0 Å². The highest BCUT2D eigenvalue weighted by atomic mass is 35.5. The summed E-state index contributed by atoms with van der Waals surface area (Å²) in [5.74, 6) is -0.132. The van der Waals surface area contributed by atoms with Crippen LogP contribution in [0.1, 0.15) is 88.2 Å². The predicted octanol–water partition coefficient (Wildman–Crippen LogP) is 7.54. The van der Waals surface area contributed by atoms with Crippen molar-refractivity contribution in [2.24, 2.45) is 0 Å². The van der Waals surface area contributed by atoms with E-state index in [2.05, 4.69) is 92.3 Å². The molecule has 0 saturated carbocycles. The molecule has 1 amide bonds. The SMILES string of the molecule is CCCN1CC2(CCOCC2)c2ccc(-c3cc(N(CC)C4CCOCC4)c(C)c(C(=O)NCC4=C(C)C=C(C)NC4C)c3Cl)cc21. The number of hydrogen-bond acceptors (Lipinski definition) is 6.